The number of rotatable bonds is 2. The van der Waals surface area contributed by atoms with Crippen LogP contribution in [0.4, 0.5) is 5.82 Å². The molecule has 0 saturated heterocycles. The first-order valence-corrected chi connectivity index (χ1v) is 4.68. The predicted molar refractivity (Wildman–Crippen MR) is 57.6 cm³/mol. The van der Waals surface area contributed by atoms with Crippen LogP contribution in [0.15, 0.2) is 48.8 Å². The number of aromatic nitrogens is 2. The molecule has 1 amide bonds. The Hall–Kier alpha value is -2.43. The van der Waals surface area contributed by atoms with Gasteiger partial charge in [0.25, 0.3) is 5.69 Å². The van der Waals surface area contributed by atoms with Crippen molar-refractivity contribution in [1.29, 1.82) is 0 Å². The number of anilines is 1. The summed E-state index contributed by atoms with van der Waals surface area (Å²) in [6.07, 6.45) is 2.83. The van der Waals surface area contributed by atoms with Gasteiger partial charge in [0.2, 0.25) is 0 Å². The summed E-state index contributed by atoms with van der Waals surface area (Å²) in [5.41, 5.74) is 0.0353. The Morgan fingerprint density at radius 2 is 2.06 bits per heavy atom. The van der Waals surface area contributed by atoms with Crippen LogP contribution in [0, 0.1) is 5.21 Å². The number of amides is 1. The van der Waals surface area contributed by atoms with Gasteiger partial charge in [-0.1, -0.05) is 6.07 Å². The molecule has 2 aromatic rings. The van der Waals surface area contributed by atoms with E-state index in [2.05, 4.69) is 10.3 Å². The van der Waals surface area contributed by atoms with Gasteiger partial charge in [0, 0.05) is 18.3 Å². The quantitative estimate of drug-likeness (QED) is 0.599. The molecule has 0 saturated carbocycles. The van der Waals surface area contributed by atoms with Gasteiger partial charge in [0.1, 0.15) is 5.82 Å². The zero-order valence-corrected chi connectivity index (χ0v) is 8.33. The fraction of sp³-hybridized carbons (Fsp3) is 0. The van der Waals surface area contributed by atoms with Crippen LogP contribution in [0.3, 0.4) is 0 Å². The molecule has 16 heavy (non-hydrogen) atoms. The lowest BCUT2D eigenvalue weighted by atomic mass is 10.3. The minimum absolute atomic E-state index is 0.0353. The number of hydrogen-bond donors (Lipinski definition) is 1. The highest BCUT2D eigenvalue weighted by Gasteiger charge is 2.14. The Morgan fingerprint density at radius 3 is 2.75 bits per heavy atom. The number of pyridine rings is 2. The lowest BCUT2D eigenvalue weighted by Gasteiger charge is -2.04. The SMILES string of the molecule is O=C(Nc1ccccn1)c1cccc[n+]1[O-]. The molecule has 2 rings (SSSR count). The molecule has 0 unspecified atom stereocenters. The molecule has 5 nitrogen and oxygen atoms in total. The van der Waals surface area contributed by atoms with Crippen molar-refractivity contribution >= 4 is 11.7 Å². The standard InChI is InChI=1S/C11H9N3O2/c15-11(9-5-2-4-8-14(9)16)13-10-6-1-3-7-12-10/h1-8H,(H,12,13,15). The molecule has 80 valence electrons. The zero-order valence-electron chi connectivity index (χ0n) is 8.33. The van der Waals surface area contributed by atoms with Crippen LogP contribution in [0.1, 0.15) is 10.5 Å². The van der Waals surface area contributed by atoms with E-state index in [-0.39, 0.29) is 5.69 Å². The monoisotopic (exact) mass is 215 g/mol. The first kappa shape index (κ1) is 10.1. The minimum Gasteiger partial charge on any atom is -0.618 e. The smallest absolute Gasteiger partial charge is 0.322 e. The summed E-state index contributed by atoms with van der Waals surface area (Å²) in [7, 11) is 0. The minimum atomic E-state index is -0.477. The summed E-state index contributed by atoms with van der Waals surface area (Å²) < 4.78 is 0.512. The van der Waals surface area contributed by atoms with E-state index < -0.39 is 5.91 Å². The number of carbonyl (C=O) groups excluding carboxylic acids is 1. The third kappa shape index (κ3) is 2.14. The van der Waals surface area contributed by atoms with Gasteiger partial charge in [0.15, 0.2) is 6.20 Å². The second-order valence-corrected chi connectivity index (χ2v) is 3.08. The highest BCUT2D eigenvalue weighted by molar-refractivity contribution is 6.01. The van der Waals surface area contributed by atoms with Gasteiger partial charge >= 0.3 is 5.91 Å². The van der Waals surface area contributed by atoms with Crippen LogP contribution >= 0.6 is 0 Å². The van der Waals surface area contributed by atoms with Gasteiger partial charge < -0.3 is 10.5 Å². The fourth-order valence-electron chi connectivity index (χ4n) is 1.22. The second-order valence-electron chi connectivity index (χ2n) is 3.08. The Balaban J connectivity index is 2.19. The summed E-state index contributed by atoms with van der Waals surface area (Å²) in [4.78, 5) is 15.6. The molecule has 1 N–H and O–H groups in total. The lowest BCUT2D eigenvalue weighted by molar-refractivity contribution is -0.607. The molecule has 0 aromatic carbocycles. The van der Waals surface area contributed by atoms with E-state index in [0.29, 0.717) is 10.5 Å². The predicted octanol–water partition coefficient (Wildman–Crippen LogP) is 0.967. The third-order valence-electron chi connectivity index (χ3n) is 1.96. The summed E-state index contributed by atoms with van der Waals surface area (Å²) in [5.74, 6) is -0.0642. The van der Waals surface area contributed by atoms with Crippen molar-refractivity contribution in [3.05, 3.63) is 59.7 Å². The van der Waals surface area contributed by atoms with Crippen molar-refractivity contribution in [3.8, 4) is 0 Å². The van der Waals surface area contributed by atoms with Gasteiger partial charge in [-0.2, -0.15) is 4.73 Å². The molecule has 0 fully saturated rings. The molecule has 0 aliphatic rings. The Labute approximate surface area is 92.0 Å². The van der Waals surface area contributed by atoms with Crippen molar-refractivity contribution in [2.45, 2.75) is 0 Å². The largest absolute Gasteiger partial charge is 0.618 e. The van der Waals surface area contributed by atoms with E-state index in [1.807, 2.05) is 0 Å². The summed E-state index contributed by atoms with van der Waals surface area (Å²) in [6, 6.07) is 9.78. The van der Waals surface area contributed by atoms with E-state index in [9.17, 15) is 10.0 Å². The van der Waals surface area contributed by atoms with Gasteiger partial charge in [-0.15, -0.1) is 0 Å². The molecule has 0 radical (unpaired) electrons. The molecule has 5 heteroatoms. The highest BCUT2D eigenvalue weighted by Crippen LogP contribution is 2.02. The van der Waals surface area contributed by atoms with Crippen molar-refractivity contribution < 1.29 is 9.52 Å². The maximum atomic E-state index is 11.7. The third-order valence-corrected chi connectivity index (χ3v) is 1.96. The van der Waals surface area contributed by atoms with Gasteiger partial charge in [0.05, 0.1) is 0 Å². The molecule has 0 aliphatic heterocycles. The summed E-state index contributed by atoms with van der Waals surface area (Å²) in [6.45, 7) is 0. The number of nitrogens with zero attached hydrogens (tertiary/aromatic N) is 2. The molecule has 0 aliphatic carbocycles. The van der Waals surface area contributed by atoms with Crippen molar-refractivity contribution in [3.63, 3.8) is 0 Å². The molecule has 0 spiro atoms. The summed E-state index contributed by atoms with van der Waals surface area (Å²) >= 11 is 0. The van der Waals surface area contributed by atoms with Gasteiger partial charge in [-0.3, -0.25) is 4.79 Å². The van der Waals surface area contributed by atoms with Crippen LogP contribution in [-0.2, 0) is 0 Å². The number of hydrogen-bond acceptors (Lipinski definition) is 3. The molecule has 0 atom stereocenters. The first-order valence-electron chi connectivity index (χ1n) is 4.68. The van der Waals surface area contributed by atoms with Crippen molar-refractivity contribution in [2.24, 2.45) is 0 Å². The van der Waals surface area contributed by atoms with E-state index in [0.717, 1.165) is 0 Å². The van der Waals surface area contributed by atoms with Crippen LogP contribution in [0.5, 0.6) is 0 Å². The normalized spacial score (nSPS) is 9.75. The summed E-state index contributed by atoms with van der Waals surface area (Å²) in [5, 5.41) is 13.8. The Morgan fingerprint density at radius 1 is 1.25 bits per heavy atom. The van der Waals surface area contributed by atoms with Crippen LogP contribution in [0.25, 0.3) is 0 Å². The van der Waals surface area contributed by atoms with E-state index in [1.54, 1.807) is 36.5 Å². The molecule has 0 bridgehead atoms. The van der Waals surface area contributed by atoms with E-state index in [4.69, 9.17) is 0 Å². The average molecular weight is 215 g/mol. The van der Waals surface area contributed by atoms with Gasteiger partial charge in [-0.25, -0.2) is 4.98 Å². The molecule has 2 heterocycles. The topological polar surface area (TPSA) is 68.9 Å². The number of nitrogens with one attached hydrogen (secondary N) is 1. The zero-order chi connectivity index (χ0) is 11.4. The van der Waals surface area contributed by atoms with Crippen molar-refractivity contribution in [2.75, 3.05) is 5.32 Å². The first-order chi connectivity index (χ1) is 7.77. The Bertz CT molecular complexity index is 500. The maximum absolute atomic E-state index is 11.7. The maximum Gasteiger partial charge on any atom is 0.322 e. The number of carbonyl (C=O) groups is 1. The van der Waals surface area contributed by atoms with E-state index in [1.165, 1.54) is 12.3 Å². The highest BCUT2D eigenvalue weighted by atomic mass is 16.5. The van der Waals surface area contributed by atoms with Crippen LogP contribution in [0.2, 0.25) is 0 Å². The second kappa shape index (κ2) is 4.39. The van der Waals surface area contributed by atoms with Gasteiger partial charge in [-0.05, 0) is 18.2 Å². The molecular weight excluding hydrogens is 206 g/mol. The van der Waals surface area contributed by atoms with Crippen LogP contribution < -0.4 is 10.0 Å². The Kier molecular flexibility index (Phi) is 2.77. The molecule has 2 aromatic heterocycles. The average Bonchev–Trinajstić information content (AvgIpc) is 2.31. The van der Waals surface area contributed by atoms with E-state index >= 15 is 0 Å². The lowest BCUT2D eigenvalue weighted by Crippen LogP contribution is -2.36. The van der Waals surface area contributed by atoms with Crippen LogP contribution in [-0.4, -0.2) is 10.9 Å². The molecular formula is C11H9N3O2. The fourth-order valence-corrected chi connectivity index (χ4v) is 1.22. The van der Waals surface area contributed by atoms with Crippen molar-refractivity contribution in [1.82, 2.24) is 4.98 Å².